The Labute approximate surface area is 449 Å². The van der Waals surface area contributed by atoms with Crippen LogP contribution in [0.1, 0.15) is 348 Å². The topological polar surface area (TPSA) is 95.9 Å². The molecule has 0 heterocycles. The van der Waals surface area contributed by atoms with Gasteiger partial charge in [0.15, 0.2) is 0 Å². The van der Waals surface area contributed by atoms with Gasteiger partial charge in [0.05, 0.1) is 25.4 Å². The molecule has 1 amide bonds. The van der Waals surface area contributed by atoms with Crippen molar-refractivity contribution in [3.8, 4) is 0 Å². The summed E-state index contributed by atoms with van der Waals surface area (Å²) < 4.78 is 5.46. The van der Waals surface area contributed by atoms with E-state index in [4.69, 9.17) is 4.74 Å². The van der Waals surface area contributed by atoms with Gasteiger partial charge in [-0.05, 0) is 77.0 Å². The van der Waals surface area contributed by atoms with Crippen LogP contribution >= 0.6 is 0 Å². The third kappa shape index (κ3) is 57.4. The van der Waals surface area contributed by atoms with Crippen molar-refractivity contribution in [2.75, 3.05) is 13.2 Å². The highest BCUT2D eigenvalue weighted by Crippen LogP contribution is 2.18. The molecule has 0 aromatic rings. The smallest absolute Gasteiger partial charge is 0.305 e. The van der Waals surface area contributed by atoms with Crippen LogP contribution in [-0.4, -0.2) is 47.4 Å². The first-order valence-corrected chi connectivity index (χ1v) is 32.2. The fraction of sp³-hybridized carbons (Fsp3) is 0.879. The first-order valence-electron chi connectivity index (χ1n) is 32.2. The minimum atomic E-state index is -0.672. The average molecular weight is 1010 g/mol. The number of esters is 1. The van der Waals surface area contributed by atoms with Crippen LogP contribution in [0.3, 0.4) is 0 Å². The Balaban J connectivity index is 3.44. The lowest BCUT2D eigenvalue weighted by Crippen LogP contribution is -2.45. The zero-order valence-corrected chi connectivity index (χ0v) is 48.4. The van der Waals surface area contributed by atoms with Crippen molar-refractivity contribution in [2.45, 2.75) is 360 Å². The second kappa shape index (κ2) is 61.6. The molecule has 0 aliphatic rings. The Bertz CT molecular complexity index is 1170. The lowest BCUT2D eigenvalue weighted by molar-refractivity contribution is -0.143. The van der Waals surface area contributed by atoms with E-state index in [0.29, 0.717) is 25.9 Å². The minimum Gasteiger partial charge on any atom is -0.466 e. The molecule has 424 valence electrons. The number of aliphatic hydroxyl groups excluding tert-OH is 2. The van der Waals surface area contributed by atoms with Crippen LogP contribution in [0.15, 0.2) is 36.5 Å². The van der Waals surface area contributed by atoms with Crippen molar-refractivity contribution in [2.24, 2.45) is 0 Å². The SMILES string of the molecule is CCC/C=C\C/C=C\CCCCCCCC(=O)OCCCCCCCCCCC/C=C\CCCCCCCCCC(=O)NC(CO)C(O)CCCCCCCCCCCCCCCCCCCCCCCC. The Morgan fingerprint density at radius 1 is 0.389 bits per heavy atom. The quantitative estimate of drug-likeness (QED) is 0.0320. The van der Waals surface area contributed by atoms with E-state index in [-0.39, 0.29) is 18.5 Å². The highest BCUT2D eigenvalue weighted by atomic mass is 16.5. The molecule has 0 rings (SSSR count). The molecule has 6 nitrogen and oxygen atoms in total. The van der Waals surface area contributed by atoms with E-state index in [1.54, 1.807) is 0 Å². The molecule has 0 fully saturated rings. The first kappa shape index (κ1) is 70.1. The molecule has 6 heteroatoms. The van der Waals surface area contributed by atoms with E-state index < -0.39 is 12.1 Å². The van der Waals surface area contributed by atoms with Crippen molar-refractivity contribution in [3.63, 3.8) is 0 Å². The number of carbonyl (C=O) groups is 2. The van der Waals surface area contributed by atoms with E-state index in [1.807, 2.05) is 0 Å². The van der Waals surface area contributed by atoms with Gasteiger partial charge in [0, 0.05) is 12.8 Å². The summed E-state index contributed by atoms with van der Waals surface area (Å²) in [6.07, 6.45) is 77.3. The third-order valence-corrected chi connectivity index (χ3v) is 14.9. The van der Waals surface area contributed by atoms with Crippen molar-refractivity contribution in [1.29, 1.82) is 0 Å². The van der Waals surface area contributed by atoms with Gasteiger partial charge in [0.25, 0.3) is 0 Å². The van der Waals surface area contributed by atoms with E-state index >= 15 is 0 Å². The molecular formula is C66H125NO5. The molecule has 72 heavy (non-hydrogen) atoms. The number of hydrogen-bond donors (Lipinski definition) is 3. The van der Waals surface area contributed by atoms with Crippen LogP contribution < -0.4 is 5.32 Å². The summed E-state index contributed by atoms with van der Waals surface area (Å²) in [6, 6.07) is -0.550. The maximum Gasteiger partial charge on any atom is 0.305 e. The molecule has 0 aliphatic heterocycles. The zero-order chi connectivity index (χ0) is 52.2. The highest BCUT2D eigenvalue weighted by molar-refractivity contribution is 5.76. The van der Waals surface area contributed by atoms with E-state index in [2.05, 4.69) is 55.6 Å². The van der Waals surface area contributed by atoms with Crippen LogP contribution in [0.25, 0.3) is 0 Å². The van der Waals surface area contributed by atoms with Gasteiger partial charge < -0.3 is 20.3 Å². The second-order valence-electron chi connectivity index (χ2n) is 22.1. The molecular weight excluding hydrogens is 887 g/mol. The van der Waals surface area contributed by atoms with Gasteiger partial charge in [0.1, 0.15) is 0 Å². The van der Waals surface area contributed by atoms with Crippen molar-refractivity contribution >= 4 is 11.9 Å². The molecule has 0 saturated heterocycles. The summed E-state index contributed by atoms with van der Waals surface area (Å²) in [5.41, 5.74) is 0. The minimum absolute atomic E-state index is 0.00876. The van der Waals surface area contributed by atoms with E-state index in [9.17, 15) is 19.8 Å². The predicted octanol–water partition coefficient (Wildman–Crippen LogP) is 20.4. The number of aliphatic hydroxyl groups is 2. The van der Waals surface area contributed by atoms with Gasteiger partial charge in [0.2, 0.25) is 5.91 Å². The summed E-state index contributed by atoms with van der Waals surface area (Å²) in [5.74, 6) is -0.0496. The number of carbonyl (C=O) groups excluding carboxylic acids is 2. The number of amides is 1. The van der Waals surface area contributed by atoms with Gasteiger partial charge in [-0.3, -0.25) is 9.59 Å². The molecule has 0 aromatic carbocycles. The van der Waals surface area contributed by atoms with Gasteiger partial charge in [-0.2, -0.15) is 0 Å². The largest absolute Gasteiger partial charge is 0.466 e. The summed E-state index contributed by atoms with van der Waals surface area (Å²) in [7, 11) is 0. The maximum atomic E-state index is 12.5. The number of allylic oxidation sites excluding steroid dienone is 6. The lowest BCUT2D eigenvalue weighted by atomic mass is 10.0. The fourth-order valence-electron chi connectivity index (χ4n) is 9.97. The molecule has 2 unspecified atom stereocenters. The number of ether oxygens (including phenoxy) is 1. The van der Waals surface area contributed by atoms with Crippen molar-refractivity contribution < 1.29 is 24.5 Å². The monoisotopic (exact) mass is 1010 g/mol. The number of hydrogen-bond acceptors (Lipinski definition) is 5. The predicted molar refractivity (Wildman–Crippen MR) is 315 cm³/mol. The molecule has 0 aliphatic carbocycles. The lowest BCUT2D eigenvalue weighted by Gasteiger charge is -2.22. The highest BCUT2D eigenvalue weighted by Gasteiger charge is 2.20. The molecule has 0 spiro atoms. The van der Waals surface area contributed by atoms with Crippen molar-refractivity contribution in [1.82, 2.24) is 5.32 Å². The zero-order valence-electron chi connectivity index (χ0n) is 48.4. The van der Waals surface area contributed by atoms with Gasteiger partial charge in [-0.25, -0.2) is 0 Å². The Kier molecular flexibility index (Phi) is 60.0. The summed E-state index contributed by atoms with van der Waals surface area (Å²) in [6.45, 7) is 4.90. The third-order valence-electron chi connectivity index (χ3n) is 14.9. The van der Waals surface area contributed by atoms with Crippen LogP contribution in [0, 0.1) is 0 Å². The summed E-state index contributed by atoms with van der Waals surface area (Å²) in [5, 5.41) is 23.4. The van der Waals surface area contributed by atoms with Gasteiger partial charge in [-0.15, -0.1) is 0 Å². The van der Waals surface area contributed by atoms with Crippen LogP contribution in [0.5, 0.6) is 0 Å². The van der Waals surface area contributed by atoms with Crippen LogP contribution in [-0.2, 0) is 14.3 Å². The standard InChI is InChI=1S/C66H125NO5/c1-3-5-7-9-11-13-15-17-18-19-20-21-22-25-28-31-35-38-42-46-50-54-58-64(69)63(62-68)67-65(70)59-55-51-47-43-39-36-32-29-26-23-24-27-30-33-37-41-45-49-53-57-61-72-66(71)60-56-52-48-44-40-34-16-14-12-10-8-6-4-2/h8,10,14,16,23,26,63-64,68-69H,3-7,9,11-13,15,17-22,24-25,27-62H2,1-2H3,(H,67,70)/b10-8-,16-14-,26-23-. The molecule has 0 aromatic heterocycles. The fourth-order valence-corrected chi connectivity index (χ4v) is 9.97. The van der Waals surface area contributed by atoms with E-state index in [0.717, 1.165) is 51.4 Å². The molecule has 2 atom stereocenters. The molecule has 0 saturated carbocycles. The molecule has 0 bridgehead atoms. The van der Waals surface area contributed by atoms with Crippen LogP contribution in [0.4, 0.5) is 0 Å². The number of rotatable bonds is 60. The van der Waals surface area contributed by atoms with Crippen LogP contribution in [0.2, 0.25) is 0 Å². The Morgan fingerprint density at radius 3 is 1.12 bits per heavy atom. The maximum absolute atomic E-state index is 12.5. The second-order valence-corrected chi connectivity index (χ2v) is 22.1. The number of unbranched alkanes of at least 4 members (excludes halogenated alkanes) is 43. The normalized spacial score (nSPS) is 12.8. The van der Waals surface area contributed by atoms with E-state index in [1.165, 1.54) is 263 Å². The first-order chi connectivity index (χ1) is 35.5. The average Bonchev–Trinajstić information content (AvgIpc) is 3.38. The molecule has 3 N–H and O–H groups in total. The number of nitrogens with one attached hydrogen (secondary N) is 1. The van der Waals surface area contributed by atoms with Gasteiger partial charge >= 0.3 is 5.97 Å². The Morgan fingerprint density at radius 2 is 0.722 bits per heavy atom. The Hall–Kier alpha value is -1.92. The molecule has 0 radical (unpaired) electrons. The summed E-state index contributed by atoms with van der Waals surface area (Å²) >= 11 is 0. The van der Waals surface area contributed by atoms with Gasteiger partial charge in [-0.1, -0.05) is 294 Å². The van der Waals surface area contributed by atoms with Crippen molar-refractivity contribution in [3.05, 3.63) is 36.5 Å². The summed E-state index contributed by atoms with van der Waals surface area (Å²) in [4.78, 5) is 24.6.